The lowest BCUT2D eigenvalue weighted by molar-refractivity contribution is -0.232. The van der Waals surface area contributed by atoms with Crippen LogP contribution in [-0.2, 0) is 43.5 Å². The molecule has 1 aliphatic rings. The van der Waals surface area contributed by atoms with Crippen LogP contribution in [0.25, 0.3) is 0 Å². The maximum atomic E-state index is 13.1. The second-order valence-electron chi connectivity index (χ2n) is 11.7. The number of benzene rings is 3. The normalized spacial score (nSPS) is 22.4. The topological polar surface area (TPSA) is 75.3 Å². The monoisotopic (exact) mass is 575 g/mol. The number of ether oxygens (including phenoxy) is 5. The fourth-order valence-corrected chi connectivity index (χ4v) is 5.10. The van der Waals surface area contributed by atoms with E-state index in [9.17, 15) is 4.79 Å². The molecule has 0 bridgehead atoms. The van der Waals surface area contributed by atoms with Gasteiger partial charge in [0.15, 0.2) is 0 Å². The first-order valence-electron chi connectivity index (χ1n) is 14.9. The van der Waals surface area contributed by atoms with E-state index in [4.69, 9.17) is 23.7 Å². The molecule has 1 amide bonds. The minimum absolute atomic E-state index is 0.315. The van der Waals surface area contributed by atoms with E-state index >= 15 is 0 Å². The molecule has 0 aromatic heterocycles. The van der Waals surface area contributed by atoms with Crippen molar-refractivity contribution in [3.63, 3.8) is 0 Å². The van der Waals surface area contributed by atoms with Gasteiger partial charge in [-0.2, -0.15) is 0 Å². The highest BCUT2D eigenvalue weighted by Crippen LogP contribution is 2.31. The molecule has 1 fully saturated rings. The summed E-state index contributed by atoms with van der Waals surface area (Å²) in [5, 5.41) is 3.10. The molecule has 4 rings (SSSR count). The number of carbonyl (C=O) groups excluding carboxylic acids is 1. The molecule has 7 nitrogen and oxygen atoms in total. The predicted octanol–water partition coefficient (Wildman–Crippen LogP) is 6.83. The number of nitrogens with one attached hydrogen (secondary N) is 1. The third kappa shape index (κ3) is 9.95. The molecule has 1 heterocycles. The van der Waals surface area contributed by atoms with Crippen molar-refractivity contribution in [1.29, 1.82) is 0 Å². The maximum Gasteiger partial charge on any atom is 0.408 e. The Labute approximate surface area is 250 Å². The zero-order valence-electron chi connectivity index (χ0n) is 25.2. The van der Waals surface area contributed by atoms with Crippen molar-refractivity contribution in [2.45, 2.75) is 96.4 Å². The Morgan fingerprint density at radius 1 is 0.738 bits per heavy atom. The molecule has 1 aliphatic heterocycles. The van der Waals surface area contributed by atoms with Crippen LogP contribution in [0.3, 0.4) is 0 Å². The average Bonchev–Trinajstić information content (AvgIpc) is 2.97. The summed E-state index contributed by atoms with van der Waals surface area (Å²) in [7, 11) is 0. The van der Waals surface area contributed by atoms with E-state index in [1.54, 1.807) is 0 Å². The number of hydrogen-bond donors (Lipinski definition) is 1. The van der Waals surface area contributed by atoms with Crippen LogP contribution in [0.1, 0.15) is 57.2 Å². The summed E-state index contributed by atoms with van der Waals surface area (Å²) in [4.78, 5) is 13.1. The summed E-state index contributed by atoms with van der Waals surface area (Å²) >= 11 is 0. The van der Waals surface area contributed by atoms with E-state index in [-0.39, 0.29) is 6.10 Å². The molecule has 0 radical (unpaired) electrons. The minimum atomic E-state index is -0.642. The molecule has 5 atom stereocenters. The van der Waals surface area contributed by atoms with E-state index in [0.717, 1.165) is 29.5 Å². The first-order chi connectivity index (χ1) is 20.3. The number of hydrogen-bond acceptors (Lipinski definition) is 6. The van der Waals surface area contributed by atoms with Crippen LogP contribution in [0.4, 0.5) is 4.79 Å². The lowest BCUT2D eigenvalue weighted by Crippen LogP contribution is -2.65. The number of rotatable bonds is 13. The Balaban J connectivity index is 1.61. The van der Waals surface area contributed by atoms with Gasteiger partial charge in [-0.3, -0.25) is 0 Å². The van der Waals surface area contributed by atoms with Gasteiger partial charge in [-0.1, -0.05) is 104 Å². The SMILES string of the molecule is CCC[C@H]1O[C@H](COCc2ccccc2)[C@H](OCc2ccccc2)[C@H](OCc2ccccc2)[C@H]1NC(=O)OC(C)(C)C. The molecule has 0 unspecified atom stereocenters. The van der Waals surface area contributed by atoms with E-state index in [0.29, 0.717) is 26.4 Å². The van der Waals surface area contributed by atoms with Crippen molar-refractivity contribution in [3.8, 4) is 0 Å². The van der Waals surface area contributed by atoms with Gasteiger partial charge in [-0.15, -0.1) is 0 Å². The van der Waals surface area contributed by atoms with Crippen LogP contribution in [0.15, 0.2) is 91.0 Å². The van der Waals surface area contributed by atoms with E-state index < -0.39 is 36.0 Å². The molecular weight excluding hydrogens is 530 g/mol. The molecule has 0 aliphatic carbocycles. The van der Waals surface area contributed by atoms with E-state index in [2.05, 4.69) is 12.2 Å². The van der Waals surface area contributed by atoms with Gasteiger partial charge in [-0.25, -0.2) is 4.79 Å². The van der Waals surface area contributed by atoms with Crippen molar-refractivity contribution in [3.05, 3.63) is 108 Å². The molecule has 1 saturated heterocycles. The summed E-state index contributed by atoms with van der Waals surface area (Å²) in [5.74, 6) is 0. The lowest BCUT2D eigenvalue weighted by Gasteiger charge is -2.46. The van der Waals surface area contributed by atoms with Crippen LogP contribution in [0.5, 0.6) is 0 Å². The molecule has 0 saturated carbocycles. The zero-order chi connectivity index (χ0) is 29.8. The van der Waals surface area contributed by atoms with Gasteiger partial charge in [-0.05, 0) is 43.9 Å². The highest BCUT2D eigenvalue weighted by atomic mass is 16.6. The average molecular weight is 576 g/mol. The van der Waals surface area contributed by atoms with Crippen LogP contribution >= 0.6 is 0 Å². The van der Waals surface area contributed by atoms with Crippen molar-refractivity contribution in [2.75, 3.05) is 6.61 Å². The highest BCUT2D eigenvalue weighted by molar-refractivity contribution is 5.68. The molecule has 3 aromatic carbocycles. The first-order valence-corrected chi connectivity index (χ1v) is 14.9. The summed E-state index contributed by atoms with van der Waals surface area (Å²) < 4.78 is 31.8. The lowest BCUT2D eigenvalue weighted by atomic mass is 9.90. The van der Waals surface area contributed by atoms with Crippen molar-refractivity contribution < 1.29 is 28.5 Å². The number of amides is 1. The molecule has 0 spiro atoms. The smallest absolute Gasteiger partial charge is 0.408 e. The van der Waals surface area contributed by atoms with Gasteiger partial charge < -0.3 is 29.0 Å². The standard InChI is InChI=1S/C35H45NO6/c1-5-15-29-31(36-34(37)42-35(2,3)4)33(40-24-28-20-13-8-14-21-28)32(39-23-27-18-11-7-12-19-27)30(41-29)25-38-22-26-16-9-6-10-17-26/h6-14,16-21,29-33H,5,15,22-25H2,1-4H3,(H,36,37)/t29-,30-,31+,32+,33-/m1/s1. The maximum absolute atomic E-state index is 13.1. The summed E-state index contributed by atoms with van der Waals surface area (Å²) in [6.45, 7) is 9.16. The van der Waals surface area contributed by atoms with Crippen LogP contribution in [-0.4, -0.2) is 48.8 Å². The molecule has 42 heavy (non-hydrogen) atoms. The summed E-state index contributed by atoms with van der Waals surface area (Å²) in [5.41, 5.74) is 2.51. The third-order valence-corrected chi connectivity index (χ3v) is 7.02. The Hall–Kier alpha value is -3.23. The van der Waals surface area contributed by atoms with Gasteiger partial charge >= 0.3 is 6.09 Å². The highest BCUT2D eigenvalue weighted by Gasteiger charge is 2.48. The third-order valence-electron chi connectivity index (χ3n) is 7.02. The van der Waals surface area contributed by atoms with Crippen molar-refractivity contribution in [2.24, 2.45) is 0 Å². The molecule has 3 aromatic rings. The quantitative estimate of drug-likeness (QED) is 0.241. The summed E-state index contributed by atoms with van der Waals surface area (Å²) in [6.07, 6.45) is -0.667. The Bertz CT molecular complexity index is 1180. The Morgan fingerprint density at radius 3 is 1.74 bits per heavy atom. The predicted molar refractivity (Wildman–Crippen MR) is 163 cm³/mol. The van der Waals surface area contributed by atoms with Gasteiger partial charge in [0.2, 0.25) is 0 Å². The van der Waals surface area contributed by atoms with Crippen molar-refractivity contribution >= 4 is 6.09 Å². The second kappa shape index (κ2) is 15.8. The molecule has 7 heteroatoms. The zero-order valence-corrected chi connectivity index (χ0v) is 25.2. The van der Waals surface area contributed by atoms with Crippen LogP contribution in [0.2, 0.25) is 0 Å². The van der Waals surface area contributed by atoms with E-state index in [1.807, 2.05) is 112 Å². The summed E-state index contributed by atoms with van der Waals surface area (Å²) in [6, 6.07) is 29.6. The van der Waals surface area contributed by atoms with Gasteiger partial charge in [0.1, 0.15) is 23.9 Å². The Kier molecular flexibility index (Phi) is 12.0. The van der Waals surface area contributed by atoms with Crippen LogP contribution in [0, 0.1) is 0 Å². The van der Waals surface area contributed by atoms with Gasteiger partial charge in [0, 0.05) is 0 Å². The molecule has 226 valence electrons. The molecular formula is C35H45NO6. The van der Waals surface area contributed by atoms with Gasteiger partial charge in [0.05, 0.1) is 38.6 Å². The number of carbonyl (C=O) groups is 1. The minimum Gasteiger partial charge on any atom is -0.444 e. The fourth-order valence-electron chi connectivity index (χ4n) is 5.10. The second-order valence-corrected chi connectivity index (χ2v) is 11.7. The Morgan fingerprint density at radius 2 is 1.24 bits per heavy atom. The number of alkyl carbamates (subject to hydrolysis) is 1. The largest absolute Gasteiger partial charge is 0.444 e. The first kappa shape index (κ1) is 31.7. The van der Waals surface area contributed by atoms with Crippen LogP contribution < -0.4 is 5.32 Å². The molecule has 1 N–H and O–H groups in total. The van der Waals surface area contributed by atoms with Gasteiger partial charge in [0.25, 0.3) is 0 Å². The van der Waals surface area contributed by atoms with Crippen molar-refractivity contribution in [1.82, 2.24) is 5.32 Å². The van der Waals surface area contributed by atoms with E-state index in [1.165, 1.54) is 0 Å². The fraction of sp³-hybridized carbons (Fsp3) is 0.457.